The molecule has 0 unspecified atom stereocenters. The van der Waals surface area contributed by atoms with Crippen LogP contribution < -0.4 is 4.72 Å². The summed E-state index contributed by atoms with van der Waals surface area (Å²) in [5.74, 6) is 0.558. The lowest BCUT2D eigenvalue weighted by Crippen LogP contribution is -2.39. The predicted octanol–water partition coefficient (Wildman–Crippen LogP) is 4.60. The number of benzene rings is 1. The summed E-state index contributed by atoms with van der Waals surface area (Å²) in [7, 11) is -3.64. The first-order valence-corrected chi connectivity index (χ1v) is 12.5. The lowest BCUT2D eigenvalue weighted by atomic mass is 10.1. The topological polar surface area (TPSA) is 75.4 Å². The minimum absolute atomic E-state index is 0.266. The van der Waals surface area contributed by atoms with Crippen LogP contribution >= 0.6 is 11.3 Å². The van der Waals surface area contributed by atoms with Crippen LogP contribution in [0.25, 0.3) is 11.3 Å². The second kappa shape index (κ2) is 9.87. The van der Waals surface area contributed by atoms with Crippen molar-refractivity contribution < 1.29 is 12.9 Å². The minimum atomic E-state index is -3.64. The molecule has 2 heterocycles. The molecule has 3 rings (SSSR count). The Morgan fingerprint density at radius 1 is 1.23 bits per heavy atom. The van der Waals surface area contributed by atoms with Gasteiger partial charge in [-0.1, -0.05) is 30.3 Å². The van der Waals surface area contributed by atoms with Gasteiger partial charge in [0, 0.05) is 42.2 Å². The molecular weight excluding hydrogens is 418 g/mol. The van der Waals surface area contributed by atoms with Gasteiger partial charge in [0.25, 0.3) is 0 Å². The highest BCUT2D eigenvalue weighted by molar-refractivity contribution is 7.89. The number of aryl methyl sites for hydroxylation is 2. The molecule has 30 heavy (non-hydrogen) atoms. The third-order valence-electron chi connectivity index (χ3n) is 5.23. The Morgan fingerprint density at radius 3 is 2.67 bits per heavy atom. The lowest BCUT2D eigenvalue weighted by Gasteiger charge is -2.28. The molecule has 0 radical (unpaired) electrons. The lowest BCUT2D eigenvalue weighted by molar-refractivity contribution is 0.200. The van der Waals surface area contributed by atoms with Gasteiger partial charge < -0.3 is 4.52 Å². The Morgan fingerprint density at radius 2 is 2.03 bits per heavy atom. The predicted molar refractivity (Wildman–Crippen MR) is 121 cm³/mol. The second-order valence-electron chi connectivity index (χ2n) is 7.52. The van der Waals surface area contributed by atoms with Crippen LogP contribution in [0, 0.1) is 13.8 Å². The normalized spacial score (nSPS) is 13.1. The van der Waals surface area contributed by atoms with E-state index in [-0.39, 0.29) is 4.90 Å². The highest BCUT2D eigenvalue weighted by atomic mass is 32.2. The van der Waals surface area contributed by atoms with Crippen molar-refractivity contribution >= 4 is 21.4 Å². The third kappa shape index (κ3) is 5.57. The fraction of sp³-hybridized carbons (Fsp3) is 0.409. The maximum Gasteiger partial charge on any atom is 0.240 e. The molecule has 2 aromatic heterocycles. The number of thiophene rings is 1. The average molecular weight is 448 g/mol. The van der Waals surface area contributed by atoms with Crippen LogP contribution in [0.15, 0.2) is 51.2 Å². The van der Waals surface area contributed by atoms with E-state index >= 15 is 0 Å². The van der Waals surface area contributed by atoms with Crippen molar-refractivity contribution in [2.75, 3.05) is 13.1 Å². The van der Waals surface area contributed by atoms with Gasteiger partial charge in [0.1, 0.15) is 0 Å². The number of hydrogen-bond donors (Lipinski definition) is 1. The van der Waals surface area contributed by atoms with E-state index in [0.29, 0.717) is 36.0 Å². The van der Waals surface area contributed by atoms with Gasteiger partial charge in [0.2, 0.25) is 10.0 Å². The maximum absolute atomic E-state index is 13.0. The molecule has 1 N–H and O–H groups in total. The standard InChI is InChI=1S/C22H29N3O3S2/c1-5-18(4)25(15-20-7-6-12-29-20)11-10-23-30(26,27)22-14-19(9-8-16(22)2)21-13-17(3)24-28-21/h6-9,12-14,18,23H,5,10-11,15H2,1-4H3/t18-/m1/s1. The summed E-state index contributed by atoms with van der Waals surface area (Å²) in [6.07, 6.45) is 1.01. The summed E-state index contributed by atoms with van der Waals surface area (Å²) in [4.78, 5) is 3.86. The number of sulfonamides is 1. The van der Waals surface area contributed by atoms with Crippen molar-refractivity contribution in [3.8, 4) is 11.3 Å². The van der Waals surface area contributed by atoms with E-state index in [2.05, 4.69) is 40.1 Å². The van der Waals surface area contributed by atoms with Crippen molar-refractivity contribution in [3.63, 3.8) is 0 Å². The monoisotopic (exact) mass is 447 g/mol. The second-order valence-corrected chi connectivity index (χ2v) is 10.3. The molecule has 0 bridgehead atoms. The van der Waals surface area contributed by atoms with E-state index in [1.54, 1.807) is 36.5 Å². The van der Waals surface area contributed by atoms with Gasteiger partial charge in [-0.25, -0.2) is 13.1 Å². The first-order chi connectivity index (χ1) is 14.3. The smallest absolute Gasteiger partial charge is 0.240 e. The Hall–Kier alpha value is -2.00. The highest BCUT2D eigenvalue weighted by Crippen LogP contribution is 2.25. The first kappa shape index (κ1) is 22.7. The van der Waals surface area contributed by atoms with E-state index in [4.69, 9.17) is 4.52 Å². The van der Waals surface area contributed by atoms with Gasteiger partial charge in [-0.3, -0.25) is 4.90 Å². The zero-order valence-corrected chi connectivity index (χ0v) is 19.5. The minimum Gasteiger partial charge on any atom is -0.356 e. The fourth-order valence-electron chi connectivity index (χ4n) is 3.26. The fourth-order valence-corrected chi connectivity index (χ4v) is 5.28. The molecule has 0 fully saturated rings. The molecule has 3 aromatic rings. The third-order valence-corrected chi connectivity index (χ3v) is 7.70. The molecular formula is C22H29N3O3S2. The van der Waals surface area contributed by atoms with Crippen LogP contribution in [0.4, 0.5) is 0 Å². The van der Waals surface area contributed by atoms with Crippen LogP contribution in [0.5, 0.6) is 0 Å². The first-order valence-electron chi connectivity index (χ1n) is 10.1. The zero-order valence-electron chi connectivity index (χ0n) is 17.9. The molecule has 162 valence electrons. The number of nitrogens with one attached hydrogen (secondary N) is 1. The average Bonchev–Trinajstić information content (AvgIpc) is 3.38. The Bertz CT molecular complexity index is 1060. The molecule has 0 saturated heterocycles. The number of aromatic nitrogens is 1. The number of hydrogen-bond acceptors (Lipinski definition) is 6. The van der Waals surface area contributed by atoms with Crippen molar-refractivity contribution in [2.45, 2.75) is 51.6 Å². The molecule has 0 aliphatic carbocycles. The van der Waals surface area contributed by atoms with Gasteiger partial charge in [0.05, 0.1) is 10.6 Å². The van der Waals surface area contributed by atoms with Crippen molar-refractivity contribution in [2.24, 2.45) is 0 Å². The summed E-state index contributed by atoms with van der Waals surface area (Å²) in [6, 6.07) is 11.6. The van der Waals surface area contributed by atoms with Crippen LogP contribution in [-0.2, 0) is 16.6 Å². The van der Waals surface area contributed by atoms with Gasteiger partial charge >= 0.3 is 0 Å². The molecule has 1 atom stereocenters. The van der Waals surface area contributed by atoms with E-state index < -0.39 is 10.0 Å². The maximum atomic E-state index is 13.0. The van der Waals surface area contributed by atoms with Gasteiger partial charge in [0.15, 0.2) is 5.76 Å². The van der Waals surface area contributed by atoms with Crippen molar-refractivity contribution in [3.05, 3.63) is 57.9 Å². The number of nitrogens with zero attached hydrogens (tertiary/aromatic N) is 2. The van der Waals surface area contributed by atoms with Gasteiger partial charge in [-0.05, 0) is 50.3 Å². The molecule has 0 amide bonds. The summed E-state index contributed by atoms with van der Waals surface area (Å²) >= 11 is 1.72. The molecule has 1 aromatic carbocycles. The molecule has 0 aliphatic rings. The summed E-state index contributed by atoms with van der Waals surface area (Å²) in [5, 5.41) is 5.95. The van der Waals surface area contributed by atoms with Crippen LogP contribution in [0.3, 0.4) is 0 Å². The molecule has 0 aliphatic heterocycles. The van der Waals surface area contributed by atoms with Gasteiger partial charge in [-0.2, -0.15) is 0 Å². The van der Waals surface area contributed by atoms with Crippen molar-refractivity contribution in [1.29, 1.82) is 0 Å². The molecule has 0 spiro atoms. The van der Waals surface area contributed by atoms with Gasteiger partial charge in [-0.15, -0.1) is 11.3 Å². The zero-order chi connectivity index (χ0) is 21.7. The van der Waals surface area contributed by atoms with E-state index in [1.807, 2.05) is 19.1 Å². The van der Waals surface area contributed by atoms with E-state index in [1.165, 1.54) is 4.88 Å². The quantitative estimate of drug-likeness (QED) is 0.492. The van der Waals surface area contributed by atoms with Crippen molar-refractivity contribution in [1.82, 2.24) is 14.8 Å². The summed E-state index contributed by atoms with van der Waals surface area (Å²) < 4.78 is 34.1. The Labute approximate surface area is 183 Å². The summed E-state index contributed by atoms with van der Waals surface area (Å²) in [6.45, 7) is 9.78. The van der Waals surface area contributed by atoms with Crippen LogP contribution in [0.1, 0.15) is 36.4 Å². The Balaban J connectivity index is 1.71. The van der Waals surface area contributed by atoms with E-state index in [0.717, 1.165) is 18.7 Å². The largest absolute Gasteiger partial charge is 0.356 e. The van der Waals surface area contributed by atoms with Crippen LogP contribution in [0.2, 0.25) is 0 Å². The highest BCUT2D eigenvalue weighted by Gasteiger charge is 2.20. The molecule has 8 heteroatoms. The molecule has 0 saturated carbocycles. The number of rotatable bonds is 10. The SMILES string of the molecule is CC[C@@H](C)N(CCNS(=O)(=O)c1cc(-c2cc(C)no2)ccc1C)Cc1cccs1. The van der Waals surface area contributed by atoms with E-state index in [9.17, 15) is 8.42 Å². The van der Waals surface area contributed by atoms with Crippen LogP contribution in [-0.4, -0.2) is 37.6 Å². The summed E-state index contributed by atoms with van der Waals surface area (Å²) in [5.41, 5.74) is 2.14. The Kier molecular flexibility index (Phi) is 7.46. The molecule has 6 nitrogen and oxygen atoms in total.